The first-order chi connectivity index (χ1) is 37.6. The van der Waals surface area contributed by atoms with Crippen LogP contribution < -0.4 is 47.9 Å². The van der Waals surface area contributed by atoms with Crippen LogP contribution in [-0.2, 0) is 86.2 Å². The van der Waals surface area contributed by atoms with Crippen LogP contribution in [0.2, 0.25) is 0 Å². The molecule has 16 N–H and O–H groups in total. The van der Waals surface area contributed by atoms with Crippen LogP contribution in [0.5, 0.6) is 0 Å². The van der Waals surface area contributed by atoms with Crippen molar-refractivity contribution in [2.24, 2.45) is 0 Å². The molecule has 0 saturated heterocycles. The lowest BCUT2D eigenvalue weighted by molar-refractivity contribution is -0.141. The topological polar surface area (TPSA) is 541 Å². The molecule has 0 radical (unpaired) electrons. The van der Waals surface area contributed by atoms with Gasteiger partial charge >= 0.3 is 41.8 Å². The van der Waals surface area contributed by atoms with E-state index in [1.165, 1.54) is 6.08 Å². The summed E-state index contributed by atoms with van der Waals surface area (Å²) in [6.45, 7) is 1.61. The molecule has 0 saturated carbocycles. The van der Waals surface area contributed by atoms with Gasteiger partial charge in [-0.3, -0.25) is 76.7 Å². The van der Waals surface area contributed by atoms with Crippen LogP contribution in [0.1, 0.15) is 96.8 Å². The normalized spacial score (nSPS) is 13.0. The van der Waals surface area contributed by atoms with Gasteiger partial charge < -0.3 is 93.1 Å². The zero-order valence-electron chi connectivity index (χ0n) is 43.4. The highest BCUT2D eigenvalue weighted by molar-refractivity contribution is 5.98. The maximum absolute atomic E-state index is 13.8. The van der Waals surface area contributed by atoms with Crippen molar-refractivity contribution in [1.82, 2.24) is 47.9 Å². The third-order valence-corrected chi connectivity index (χ3v) is 10.5. The number of carboxylic acids is 7. The number of amides is 9. The number of allylic oxidation sites excluding steroid dienone is 1. The van der Waals surface area contributed by atoms with Crippen LogP contribution in [0.3, 0.4) is 0 Å². The molecule has 34 nitrogen and oxygen atoms in total. The van der Waals surface area contributed by atoms with E-state index in [9.17, 15) is 102 Å². The molecule has 9 amide bonds. The average Bonchev–Trinajstić information content (AvgIpc) is 3.37. The van der Waals surface area contributed by atoms with E-state index in [1.54, 1.807) is 13.0 Å². The summed E-state index contributed by atoms with van der Waals surface area (Å²) < 4.78 is 10.6. The van der Waals surface area contributed by atoms with Gasteiger partial charge in [-0.1, -0.05) is 6.08 Å². The molecule has 0 fully saturated rings. The first kappa shape index (κ1) is 71.2. The second-order valence-electron chi connectivity index (χ2n) is 17.0. The van der Waals surface area contributed by atoms with Crippen molar-refractivity contribution in [3.05, 3.63) is 12.2 Å². The highest BCUT2D eigenvalue weighted by atomic mass is 16.5. The van der Waals surface area contributed by atoms with E-state index < -0.39 is 222 Å². The molecule has 34 heteroatoms. The summed E-state index contributed by atoms with van der Waals surface area (Å²) >= 11 is 0. The number of carbonyl (C=O) groups excluding carboxylic acids is 9. The summed E-state index contributed by atoms with van der Waals surface area (Å²) in [5.74, 6) is -20.4. The maximum atomic E-state index is 13.8. The number of ether oxygens (including phenoxy) is 2. The van der Waals surface area contributed by atoms with Gasteiger partial charge in [0.25, 0.3) is 0 Å². The number of carboxylic acid groups (broad SMARTS) is 7. The molecule has 0 aliphatic heterocycles. The second kappa shape index (κ2) is 40.4. The molecule has 0 aromatic carbocycles. The standard InChI is InChI=1S/C46H69N9O25/c1-2-3-31(56)47-18-20-79-22-23-80-21-19-48-32(57)10-11-33(58)50-26(5-13-35(61)62)42(74)52-28(7-15-37(65)66)44(76)54-30(9-17-39(69)70)46(78)55-29(8-16-38(67)68)45(77)53-27(6-14-36(63)64)43(75)51-25(4-12-34(59)60)41(73)49-24-40(71)72/h2-3,25-30H,4-24H2,1H3,(H,47,56)(H,48,57)(H,49,73)(H,50,58)(H,51,75)(H,52,74)(H,53,77)(H,54,76)(H,55,78)(H,59,60)(H,61,62)(H,63,64)(H,65,66)(H,67,68)(H,69,70)(H,71,72)/b3-2+/t25?,26?,27?,28?,29?,30-/m0/s1. The zero-order chi connectivity index (χ0) is 60.7. The monoisotopic (exact) mass is 1150 g/mol. The Morgan fingerprint density at radius 1 is 0.338 bits per heavy atom. The molecule has 0 heterocycles. The summed E-state index contributed by atoms with van der Waals surface area (Å²) in [6, 6.07) is -11.4. The molecular formula is C46H69N9O25. The van der Waals surface area contributed by atoms with Gasteiger partial charge in [-0.25, -0.2) is 0 Å². The first-order valence-electron chi connectivity index (χ1n) is 24.6. The number of carbonyl (C=O) groups is 16. The molecule has 5 unspecified atom stereocenters. The van der Waals surface area contributed by atoms with Crippen LogP contribution in [0.15, 0.2) is 12.2 Å². The fraction of sp³-hybridized carbons (Fsp3) is 0.609. The van der Waals surface area contributed by atoms with Crippen LogP contribution in [0.25, 0.3) is 0 Å². The Kier molecular flexibility index (Phi) is 35.9. The van der Waals surface area contributed by atoms with E-state index in [0.29, 0.717) is 0 Å². The van der Waals surface area contributed by atoms with E-state index in [4.69, 9.17) is 19.7 Å². The van der Waals surface area contributed by atoms with Crippen LogP contribution in [0, 0.1) is 0 Å². The summed E-state index contributed by atoms with van der Waals surface area (Å²) in [6.07, 6.45) is -7.46. The molecular weight excluding hydrogens is 1080 g/mol. The van der Waals surface area contributed by atoms with Gasteiger partial charge in [-0.2, -0.15) is 0 Å². The molecule has 0 rings (SSSR count). The van der Waals surface area contributed by atoms with Gasteiger partial charge in [0.2, 0.25) is 53.2 Å². The minimum absolute atomic E-state index is 0.0177. The van der Waals surface area contributed by atoms with E-state index in [-0.39, 0.29) is 45.4 Å². The first-order valence-corrected chi connectivity index (χ1v) is 24.6. The van der Waals surface area contributed by atoms with Crippen LogP contribution in [-0.4, -0.2) is 213 Å². The smallest absolute Gasteiger partial charge is 0.322 e. The van der Waals surface area contributed by atoms with Gasteiger partial charge in [-0.05, 0) is 51.5 Å². The van der Waals surface area contributed by atoms with Crippen LogP contribution in [0.4, 0.5) is 0 Å². The van der Waals surface area contributed by atoms with Crippen molar-refractivity contribution in [1.29, 1.82) is 0 Å². The molecule has 6 atom stereocenters. The number of nitrogens with one attached hydrogen (secondary N) is 9. The van der Waals surface area contributed by atoms with Crippen molar-refractivity contribution in [2.75, 3.05) is 46.1 Å². The number of rotatable bonds is 45. The van der Waals surface area contributed by atoms with Crippen molar-refractivity contribution in [2.45, 2.75) is 133 Å². The Morgan fingerprint density at radius 2 is 0.625 bits per heavy atom. The van der Waals surface area contributed by atoms with E-state index >= 15 is 0 Å². The number of hydrogen-bond acceptors (Lipinski definition) is 18. The molecule has 0 aromatic heterocycles. The zero-order valence-corrected chi connectivity index (χ0v) is 43.4. The summed E-state index contributed by atoms with van der Waals surface area (Å²) in [7, 11) is 0. The predicted molar refractivity (Wildman–Crippen MR) is 265 cm³/mol. The van der Waals surface area contributed by atoms with Crippen molar-refractivity contribution in [3.8, 4) is 0 Å². The molecule has 0 spiro atoms. The lowest BCUT2D eigenvalue weighted by Gasteiger charge is -2.27. The fourth-order valence-electron chi connectivity index (χ4n) is 6.49. The van der Waals surface area contributed by atoms with E-state index in [2.05, 4.69) is 42.5 Å². The largest absolute Gasteiger partial charge is 0.481 e. The highest BCUT2D eigenvalue weighted by Gasteiger charge is 2.35. The molecule has 80 heavy (non-hydrogen) atoms. The Balaban J connectivity index is 6.32. The lowest BCUT2D eigenvalue weighted by atomic mass is 10.0. The third kappa shape index (κ3) is 35.5. The molecule has 0 aliphatic rings. The molecule has 0 bridgehead atoms. The summed E-state index contributed by atoms with van der Waals surface area (Å²) in [5, 5.41) is 84.8. The van der Waals surface area contributed by atoms with E-state index in [1.807, 2.05) is 5.32 Å². The summed E-state index contributed by atoms with van der Waals surface area (Å²) in [4.78, 5) is 198. The lowest BCUT2D eigenvalue weighted by Crippen LogP contribution is -2.60. The molecule has 448 valence electrons. The Morgan fingerprint density at radius 3 is 0.925 bits per heavy atom. The van der Waals surface area contributed by atoms with Crippen molar-refractivity contribution < 1.29 is 122 Å². The third-order valence-electron chi connectivity index (χ3n) is 10.5. The van der Waals surface area contributed by atoms with Crippen LogP contribution >= 0.6 is 0 Å². The van der Waals surface area contributed by atoms with Crippen molar-refractivity contribution >= 4 is 94.9 Å². The molecule has 0 aliphatic carbocycles. The Hall–Kier alpha value is -8.82. The SMILES string of the molecule is C/C=C/C(=O)NCCOCCOCCNC(=O)CCC(=O)NC(CCC(=O)O)C(=O)NC(CCC(=O)O)C(=O)N[C@@H](CCC(=O)O)C(=O)NC(CCC(=O)O)C(=O)NC(CCC(=O)O)C(=O)NC(CCC(=O)O)C(=O)NCC(=O)O. The quantitative estimate of drug-likeness (QED) is 0.0200. The minimum Gasteiger partial charge on any atom is -0.481 e. The predicted octanol–water partition coefficient (Wildman–Crippen LogP) is -5.09. The number of aliphatic carboxylic acids is 7. The second-order valence-corrected chi connectivity index (χ2v) is 17.0. The fourth-order valence-corrected chi connectivity index (χ4v) is 6.49. The van der Waals surface area contributed by atoms with Gasteiger partial charge in [-0.15, -0.1) is 0 Å². The Bertz CT molecular complexity index is 2230. The van der Waals surface area contributed by atoms with Gasteiger partial charge in [0.1, 0.15) is 42.8 Å². The minimum atomic E-state index is -2.01. The Labute approximate surface area is 455 Å². The van der Waals surface area contributed by atoms with Gasteiger partial charge in [0.15, 0.2) is 0 Å². The average molecular weight is 1150 g/mol. The van der Waals surface area contributed by atoms with Crippen molar-refractivity contribution in [3.63, 3.8) is 0 Å². The van der Waals surface area contributed by atoms with Gasteiger partial charge in [0.05, 0.1) is 26.4 Å². The maximum Gasteiger partial charge on any atom is 0.322 e. The number of hydrogen-bond donors (Lipinski definition) is 16. The molecule has 0 aromatic rings. The van der Waals surface area contributed by atoms with Gasteiger partial charge in [0, 0.05) is 64.5 Å². The summed E-state index contributed by atoms with van der Waals surface area (Å²) in [5.41, 5.74) is 0. The highest BCUT2D eigenvalue weighted by Crippen LogP contribution is 2.10. The van der Waals surface area contributed by atoms with E-state index in [0.717, 1.165) is 0 Å².